The fourth-order valence-corrected chi connectivity index (χ4v) is 7.80. The fraction of sp³-hybridized carbons (Fsp3) is 0.440. The van der Waals surface area contributed by atoms with E-state index in [0.29, 0.717) is 38.8 Å². The van der Waals surface area contributed by atoms with Crippen molar-refractivity contribution in [1.82, 2.24) is 20.4 Å². The molecule has 12 nitrogen and oxygen atoms in total. The molecule has 4 amide bonds. The van der Waals surface area contributed by atoms with Crippen molar-refractivity contribution in [2.24, 2.45) is 0 Å². The highest BCUT2D eigenvalue weighted by Crippen LogP contribution is 2.36. The van der Waals surface area contributed by atoms with Crippen LogP contribution in [-0.2, 0) is 32.2 Å². The maximum Gasteiger partial charge on any atom is 0.410 e. The van der Waals surface area contributed by atoms with Gasteiger partial charge in [-0.25, -0.2) is 28.0 Å². The van der Waals surface area contributed by atoms with E-state index in [-0.39, 0.29) is 49.0 Å². The molecule has 2 aliphatic heterocycles. The Morgan fingerprint density at radius 3 is 1.27 bits per heavy atom. The Morgan fingerprint density at radius 2 is 0.938 bits per heavy atom. The predicted molar refractivity (Wildman–Crippen MR) is 239 cm³/mol. The number of alkyl carbamates (subject to hydrolysis) is 2. The van der Waals surface area contributed by atoms with E-state index in [1.54, 1.807) is 21.9 Å². The summed E-state index contributed by atoms with van der Waals surface area (Å²) in [6.45, 7) is 15.6. The highest BCUT2D eigenvalue weighted by Gasteiger charge is 2.37. The van der Waals surface area contributed by atoms with Gasteiger partial charge in [-0.15, -0.1) is 0 Å². The van der Waals surface area contributed by atoms with Crippen LogP contribution in [0.2, 0.25) is 0 Å². The van der Waals surface area contributed by atoms with E-state index in [0.717, 1.165) is 33.4 Å². The second kappa shape index (κ2) is 21.9. The lowest BCUT2D eigenvalue weighted by molar-refractivity contribution is 0.0397. The van der Waals surface area contributed by atoms with Crippen molar-refractivity contribution in [2.45, 2.75) is 130 Å². The number of carbonyl (C=O) groups is 4. The summed E-state index contributed by atoms with van der Waals surface area (Å²) in [4.78, 5) is 53.8. The van der Waals surface area contributed by atoms with Crippen molar-refractivity contribution < 1.29 is 46.9 Å². The summed E-state index contributed by atoms with van der Waals surface area (Å²) >= 11 is 0. The molecule has 2 saturated heterocycles. The van der Waals surface area contributed by atoms with Crippen LogP contribution >= 0.6 is 0 Å². The number of nitrogens with one attached hydrogen (secondary N) is 2. The zero-order valence-corrected chi connectivity index (χ0v) is 38.1. The minimum atomic E-state index is -0.598. The molecule has 6 rings (SSSR count). The zero-order chi connectivity index (χ0) is 46.6. The molecule has 4 aromatic rings. The van der Waals surface area contributed by atoms with E-state index in [2.05, 4.69) is 10.6 Å². The second-order valence-corrected chi connectivity index (χ2v) is 18.2. The minimum absolute atomic E-state index is 0.172. The number of hydrogen-bond donors (Lipinski definition) is 2. The molecule has 0 aliphatic carbocycles. The van der Waals surface area contributed by atoms with Crippen molar-refractivity contribution in [3.63, 3.8) is 0 Å². The van der Waals surface area contributed by atoms with Crippen molar-refractivity contribution in [1.29, 1.82) is 0 Å². The van der Waals surface area contributed by atoms with Crippen LogP contribution in [0.3, 0.4) is 0 Å². The molecule has 4 atom stereocenters. The lowest BCUT2D eigenvalue weighted by Crippen LogP contribution is -2.49. The summed E-state index contributed by atoms with van der Waals surface area (Å²) in [6, 6.07) is 27.0. The average molecular weight is 885 g/mol. The molecule has 0 aromatic heterocycles. The van der Waals surface area contributed by atoms with Crippen LogP contribution in [0.1, 0.15) is 113 Å². The van der Waals surface area contributed by atoms with Crippen LogP contribution in [-0.4, -0.2) is 70.5 Å². The molecule has 64 heavy (non-hydrogen) atoms. The summed E-state index contributed by atoms with van der Waals surface area (Å²) in [5, 5.41) is 5.82. The molecule has 2 fully saturated rings. The number of aryl methyl sites for hydroxylation is 2. The van der Waals surface area contributed by atoms with Crippen LogP contribution < -0.4 is 10.6 Å². The third-order valence-electron chi connectivity index (χ3n) is 10.7. The summed E-state index contributed by atoms with van der Waals surface area (Å²) in [7, 11) is 0. The van der Waals surface area contributed by atoms with Gasteiger partial charge in [0.2, 0.25) is 0 Å². The normalized spacial score (nSPS) is 18.7. The number of benzene rings is 4. The predicted octanol–water partition coefficient (Wildman–Crippen LogP) is 11.0. The van der Waals surface area contributed by atoms with Gasteiger partial charge < -0.3 is 39.4 Å². The molecule has 2 heterocycles. The summed E-state index contributed by atoms with van der Waals surface area (Å²) in [6.07, 6.45) is 0.247. The maximum atomic E-state index is 13.7. The topological polar surface area (TPSA) is 136 Å². The van der Waals surface area contributed by atoms with Crippen LogP contribution in [0.4, 0.5) is 28.0 Å². The van der Waals surface area contributed by atoms with Crippen LogP contribution in [0.25, 0.3) is 0 Å². The maximum absolute atomic E-state index is 13.7. The highest BCUT2D eigenvalue weighted by molar-refractivity contribution is 5.71. The number of piperidine rings is 2. The van der Waals surface area contributed by atoms with Gasteiger partial charge in [0, 0.05) is 25.2 Å². The van der Waals surface area contributed by atoms with Crippen LogP contribution in [0.15, 0.2) is 97.1 Å². The number of hydrogen-bond acceptors (Lipinski definition) is 8. The molecule has 0 saturated carbocycles. The number of carbonyl (C=O) groups excluding carboxylic acids is 4. The molecule has 344 valence electrons. The van der Waals surface area contributed by atoms with Gasteiger partial charge in [-0.2, -0.15) is 0 Å². The van der Waals surface area contributed by atoms with E-state index >= 15 is 0 Å². The van der Waals surface area contributed by atoms with Crippen molar-refractivity contribution in [3.05, 3.63) is 142 Å². The van der Waals surface area contributed by atoms with Crippen molar-refractivity contribution in [3.8, 4) is 0 Å². The number of nitrogens with zero attached hydrogens (tertiary/aromatic N) is 2. The van der Waals surface area contributed by atoms with Gasteiger partial charge in [-0.3, -0.25) is 0 Å². The summed E-state index contributed by atoms with van der Waals surface area (Å²) < 4.78 is 49.3. The number of amides is 4. The van der Waals surface area contributed by atoms with Gasteiger partial charge in [0.1, 0.15) is 36.1 Å². The van der Waals surface area contributed by atoms with Gasteiger partial charge in [0.15, 0.2) is 0 Å². The lowest BCUT2D eigenvalue weighted by Gasteiger charge is -2.40. The molecule has 4 aromatic carbocycles. The monoisotopic (exact) mass is 884 g/mol. The summed E-state index contributed by atoms with van der Waals surface area (Å²) in [5.41, 5.74) is 3.76. The third kappa shape index (κ3) is 15.0. The first kappa shape index (κ1) is 48.8. The smallest absolute Gasteiger partial charge is 0.410 e. The third-order valence-corrected chi connectivity index (χ3v) is 10.7. The summed E-state index contributed by atoms with van der Waals surface area (Å²) in [5.74, 6) is -0.660. The molecule has 2 aliphatic rings. The Balaban J connectivity index is 0.000000241. The van der Waals surface area contributed by atoms with Gasteiger partial charge in [0.25, 0.3) is 0 Å². The van der Waals surface area contributed by atoms with E-state index in [4.69, 9.17) is 18.9 Å². The Kier molecular flexibility index (Phi) is 16.7. The van der Waals surface area contributed by atoms with Crippen molar-refractivity contribution >= 4 is 24.4 Å². The van der Waals surface area contributed by atoms with Gasteiger partial charge >= 0.3 is 24.4 Å². The number of rotatable bonds is 8. The Morgan fingerprint density at radius 1 is 0.578 bits per heavy atom. The van der Waals surface area contributed by atoms with E-state index in [1.807, 2.05) is 116 Å². The fourth-order valence-electron chi connectivity index (χ4n) is 7.80. The first-order valence-corrected chi connectivity index (χ1v) is 21.7. The number of halogens is 2. The molecule has 14 heteroatoms. The molecule has 2 N–H and O–H groups in total. The van der Waals surface area contributed by atoms with E-state index < -0.39 is 35.6 Å². The molecule has 0 radical (unpaired) electrons. The van der Waals surface area contributed by atoms with E-state index in [9.17, 15) is 28.0 Å². The second-order valence-electron chi connectivity index (χ2n) is 18.2. The van der Waals surface area contributed by atoms with Gasteiger partial charge in [-0.1, -0.05) is 72.8 Å². The highest BCUT2D eigenvalue weighted by atomic mass is 19.1. The van der Waals surface area contributed by atoms with Gasteiger partial charge in [0.05, 0.1) is 12.1 Å². The standard InChI is InChI=1S/2C25H31FN2O4/c2*1-17-14-19(26)10-11-21(17)22-15-20(27-23(29)32-25(2,3)4)12-13-28(22)24(30)31-16-18-8-6-5-7-9-18/h2*5-11,14,20,22H,12-13,15-16H2,1-4H3,(H,27,29)/t2*20-,22+/m10/s1. The quantitative estimate of drug-likeness (QED) is 0.167. The molecule has 0 bridgehead atoms. The Hall–Kier alpha value is -6.18. The molecular weight excluding hydrogens is 823 g/mol. The molecule has 0 unspecified atom stereocenters. The Labute approximate surface area is 375 Å². The van der Waals surface area contributed by atoms with Crippen molar-refractivity contribution in [2.75, 3.05) is 13.1 Å². The largest absolute Gasteiger partial charge is 0.445 e. The Bertz CT molecular complexity index is 2040. The molecule has 0 spiro atoms. The average Bonchev–Trinajstić information content (AvgIpc) is 3.21. The first-order valence-electron chi connectivity index (χ1n) is 21.7. The number of ether oxygens (including phenoxy) is 4. The first-order chi connectivity index (χ1) is 30.2. The SMILES string of the molecule is Cc1cc(F)ccc1[C@@H]1C[C@H](NC(=O)OC(C)(C)C)CCN1C(=O)OCc1ccccc1.Cc1cc(F)ccc1[C@H]1C[C@@H](NC(=O)OC(C)(C)C)CCN1C(=O)OCc1ccccc1. The zero-order valence-electron chi connectivity index (χ0n) is 38.1. The van der Waals surface area contributed by atoms with Crippen LogP contribution in [0.5, 0.6) is 0 Å². The molecular formula is C50H62F2N4O8. The van der Waals surface area contributed by atoms with Crippen LogP contribution in [0, 0.1) is 25.5 Å². The number of likely N-dealkylation sites (tertiary alicyclic amines) is 2. The lowest BCUT2D eigenvalue weighted by atomic mass is 9.89. The van der Waals surface area contributed by atoms with E-state index in [1.165, 1.54) is 24.3 Å². The van der Waals surface area contributed by atoms with Gasteiger partial charge in [-0.05, 0) is 139 Å². The minimum Gasteiger partial charge on any atom is -0.445 e.